The quantitative estimate of drug-likeness (QED) is 0.855. The van der Waals surface area contributed by atoms with Crippen LogP contribution in [0.25, 0.3) is 0 Å². The average molecular weight is 248 g/mol. The first-order valence-corrected chi connectivity index (χ1v) is 5.61. The molecule has 1 aromatic rings. The van der Waals surface area contributed by atoms with Crippen molar-refractivity contribution in [2.24, 2.45) is 11.7 Å². The van der Waals surface area contributed by atoms with E-state index in [2.05, 4.69) is 13.8 Å². The third kappa shape index (κ3) is 3.26. The lowest BCUT2D eigenvalue weighted by Crippen LogP contribution is -2.13. The Kier molecular flexibility index (Phi) is 4.26. The van der Waals surface area contributed by atoms with Crippen LogP contribution in [-0.2, 0) is 0 Å². The Balaban J connectivity index is 3.02. The van der Waals surface area contributed by atoms with Crippen molar-refractivity contribution in [1.82, 2.24) is 0 Å². The zero-order valence-electron chi connectivity index (χ0n) is 8.80. The molecule has 0 bridgehead atoms. The van der Waals surface area contributed by atoms with Gasteiger partial charge in [0.2, 0.25) is 0 Å². The Morgan fingerprint density at radius 3 is 2.47 bits per heavy atom. The van der Waals surface area contributed by atoms with Gasteiger partial charge in [-0.3, -0.25) is 0 Å². The normalized spacial score (nSPS) is 13.2. The van der Waals surface area contributed by atoms with E-state index in [-0.39, 0.29) is 16.8 Å². The predicted octanol–water partition coefficient (Wildman–Crippen LogP) is 3.74. The smallest absolute Gasteiger partial charge is 0.139 e. The molecule has 3 N–H and O–H groups in total. The largest absolute Gasteiger partial charge is 0.506 e. The van der Waals surface area contributed by atoms with E-state index in [9.17, 15) is 5.11 Å². The van der Waals surface area contributed by atoms with Gasteiger partial charge in [-0.15, -0.1) is 0 Å². The van der Waals surface area contributed by atoms with E-state index < -0.39 is 0 Å². The second kappa shape index (κ2) is 5.06. The molecule has 0 heterocycles. The number of halogens is 2. The van der Waals surface area contributed by atoms with Crippen LogP contribution in [0.4, 0.5) is 0 Å². The predicted molar refractivity (Wildman–Crippen MR) is 64.5 cm³/mol. The van der Waals surface area contributed by atoms with E-state index in [1.165, 1.54) is 6.07 Å². The van der Waals surface area contributed by atoms with Crippen molar-refractivity contribution >= 4 is 23.2 Å². The van der Waals surface area contributed by atoms with Gasteiger partial charge in [0.15, 0.2) is 0 Å². The van der Waals surface area contributed by atoms with Crippen LogP contribution < -0.4 is 5.73 Å². The summed E-state index contributed by atoms with van der Waals surface area (Å²) in [6.07, 6.45) is 0.782. The van der Waals surface area contributed by atoms with Crippen LogP contribution >= 0.6 is 23.2 Å². The first-order valence-electron chi connectivity index (χ1n) is 4.85. The van der Waals surface area contributed by atoms with Gasteiger partial charge < -0.3 is 10.8 Å². The first-order chi connectivity index (χ1) is 6.91. The zero-order valence-corrected chi connectivity index (χ0v) is 10.3. The van der Waals surface area contributed by atoms with Gasteiger partial charge >= 0.3 is 0 Å². The minimum absolute atomic E-state index is 0.0363. The highest BCUT2D eigenvalue weighted by molar-refractivity contribution is 6.35. The maximum absolute atomic E-state index is 9.73. The van der Waals surface area contributed by atoms with Gasteiger partial charge in [0, 0.05) is 16.6 Å². The number of rotatable bonds is 3. The first kappa shape index (κ1) is 12.6. The number of hydrogen-bond donors (Lipinski definition) is 2. The van der Waals surface area contributed by atoms with Crippen LogP contribution in [0.1, 0.15) is 31.9 Å². The fourth-order valence-electron chi connectivity index (χ4n) is 1.50. The molecule has 1 unspecified atom stereocenters. The summed E-state index contributed by atoms with van der Waals surface area (Å²) in [5.41, 5.74) is 6.57. The summed E-state index contributed by atoms with van der Waals surface area (Å²) < 4.78 is 0. The summed E-state index contributed by atoms with van der Waals surface area (Å²) in [5.74, 6) is 0.492. The molecule has 0 spiro atoms. The highest BCUT2D eigenvalue weighted by atomic mass is 35.5. The SMILES string of the molecule is CC(C)CC(N)c1cc(Cl)cc(Cl)c1O. The highest BCUT2D eigenvalue weighted by Crippen LogP contribution is 2.35. The monoisotopic (exact) mass is 247 g/mol. The lowest BCUT2D eigenvalue weighted by atomic mass is 9.97. The average Bonchev–Trinajstić information content (AvgIpc) is 2.09. The summed E-state index contributed by atoms with van der Waals surface area (Å²) in [5, 5.41) is 10.5. The molecule has 0 aliphatic rings. The molecule has 15 heavy (non-hydrogen) atoms. The van der Waals surface area contributed by atoms with Crippen molar-refractivity contribution in [3.8, 4) is 5.75 Å². The van der Waals surface area contributed by atoms with Gasteiger partial charge in [-0.2, -0.15) is 0 Å². The van der Waals surface area contributed by atoms with Crippen LogP contribution in [-0.4, -0.2) is 5.11 Å². The number of nitrogens with two attached hydrogens (primary N) is 1. The number of benzene rings is 1. The highest BCUT2D eigenvalue weighted by Gasteiger charge is 2.15. The molecule has 1 atom stereocenters. The molecule has 1 rings (SSSR count). The van der Waals surface area contributed by atoms with E-state index in [4.69, 9.17) is 28.9 Å². The van der Waals surface area contributed by atoms with E-state index in [1.54, 1.807) is 6.07 Å². The van der Waals surface area contributed by atoms with Gasteiger partial charge in [0.1, 0.15) is 5.75 Å². The molecule has 0 radical (unpaired) electrons. The molecule has 0 saturated heterocycles. The van der Waals surface area contributed by atoms with Crippen molar-refractivity contribution in [3.63, 3.8) is 0 Å². The third-order valence-electron chi connectivity index (χ3n) is 2.18. The summed E-state index contributed by atoms with van der Waals surface area (Å²) in [6.45, 7) is 4.14. The van der Waals surface area contributed by atoms with Crippen LogP contribution in [0.3, 0.4) is 0 Å². The fourth-order valence-corrected chi connectivity index (χ4v) is 2.01. The summed E-state index contributed by atoms with van der Waals surface area (Å²) >= 11 is 11.7. The Bertz CT molecular complexity index is 353. The molecule has 0 saturated carbocycles. The second-order valence-electron chi connectivity index (χ2n) is 4.06. The Morgan fingerprint density at radius 2 is 1.93 bits per heavy atom. The maximum atomic E-state index is 9.73. The van der Waals surface area contributed by atoms with Crippen molar-refractivity contribution in [3.05, 3.63) is 27.7 Å². The van der Waals surface area contributed by atoms with E-state index in [0.29, 0.717) is 16.5 Å². The Morgan fingerprint density at radius 1 is 1.33 bits per heavy atom. The summed E-state index contributed by atoms with van der Waals surface area (Å²) in [6, 6.07) is 2.93. The number of hydrogen-bond acceptors (Lipinski definition) is 2. The topological polar surface area (TPSA) is 46.2 Å². The Labute approximate surface area is 100.0 Å². The molecule has 1 aromatic carbocycles. The fraction of sp³-hybridized carbons (Fsp3) is 0.455. The van der Waals surface area contributed by atoms with Gasteiger partial charge in [0.25, 0.3) is 0 Å². The molecule has 2 nitrogen and oxygen atoms in total. The molecule has 0 aliphatic heterocycles. The molecule has 84 valence electrons. The van der Waals surface area contributed by atoms with Crippen molar-refractivity contribution < 1.29 is 5.11 Å². The van der Waals surface area contributed by atoms with Crippen LogP contribution in [0.2, 0.25) is 10.0 Å². The second-order valence-corrected chi connectivity index (χ2v) is 4.91. The van der Waals surface area contributed by atoms with Gasteiger partial charge in [-0.05, 0) is 24.5 Å². The van der Waals surface area contributed by atoms with E-state index >= 15 is 0 Å². The van der Waals surface area contributed by atoms with E-state index in [0.717, 1.165) is 6.42 Å². The lowest BCUT2D eigenvalue weighted by molar-refractivity contribution is 0.445. The van der Waals surface area contributed by atoms with Gasteiger partial charge in [-0.25, -0.2) is 0 Å². The molecule has 4 heteroatoms. The van der Waals surface area contributed by atoms with Crippen LogP contribution in [0, 0.1) is 5.92 Å². The minimum Gasteiger partial charge on any atom is -0.506 e. The number of phenols is 1. The van der Waals surface area contributed by atoms with Crippen molar-refractivity contribution in [2.45, 2.75) is 26.3 Å². The van der Waals surface area contributed by atoms with Gasteiger partial charge in [-0.1, -0.05) is 37.0 Å². The molecule has 0 aromatic heterocycles. The molecule has 0 fully saturated rings. The number of phenolic OH excluding ortho intramolecular Hbond substituents is 1. The number of aromatic hydroxyl groups is 1. The van der Waals surface area contributed by atoms with Crippen molar-refractivity contribution in [2.75, 3.05) is 0 Å². The Hall–Kier alpha value is -0.440. The zero-order chi connectivity index (χ0) is 11.6. The molecule has 0 aliphatic carbocycles. The lowest BCUT2D eigenvalue weighted by Gasteiger charge is -2.16. The van der Waals surface area contributed by atoms with Crippen LogP contribution in [0.15, 0.2) is 12.1 Å². The maximum Gasteiger partial charge on any atom is 0.139 e. The molecular weight excluding hydrogens is 233 g/mol. The standard InChI is InChI=1S/C11H15Cl2NO/c1-6(2)3-10(14)8-4-7(12)5-9(13)11(8)15/h4-6,10,15H,3,14H2,1-2H3. The van der Waals surface area contributed by atoms with Crippen molar-refractivity contribution in [1.29, 1.82) is 0 Å². The van der Waals surface area contributed by atoms with E-state index in [1.807, 2.05) is 0 Å². The van der Waals surface area contributed by atoms with Crippen LogP contribution in [0.5, 0.6) is 5.75 Å². The molecule has 0 amide bonds. The van der Waals surface area contributed by atoms with Gasteiger partial charge in [0.05, 0.1) is 5.02 Å². The third-order valence-corrected chi connectivity index (χ3v) is 2.69. The summed E-state index contributed by atoms with van der Waals surface area (Å²) in [7, 11) is 0. The minimum atomic E-state index is -0.235. The summed E-state index contributed by atoms with van der Waals surface area (Å²) in [4.78, 5) is 0. The molecular formula is C11H15Cl2NO.